The van der Waals surface area contributed by atoms with Gasteiger partial charge in [0, 0.05) is 19.0 Å². The molecule has 2 atom stereocenters. The fourth-order valence-corrected chi connectivity index (χ4v) is 6.86. The van der Waals surface area contributed by atoms with Crippen molar-refractivity contribution in [3.05, 3.63) is 59.2 Å². The molecule has 0 aromatic heterocycles. The lowest BCUT2D eigenvalue weighted by atomic mass is 9.87. The molecular formula is C26H36N2O4S. The van der Waals surface area contributed by atoms with E-state index in [1.165, 1.54) is 0 Å². The summed E-state index contributed by atoms with van der Waals surface area (Å²) >= 11 is 0. The van der Waals surface area contributed by atoms with Gasteiger partial charge in [0.05, 0.1) is 23.8 Å². The molecule has 0 aliphatic carbocycles. The maximum atomic E-state index is 13.8. The largest absolute Gasteiger partial charge is 0.496 e. The first-order valence-electron chi connectivity index (χ1n) is 11.8. The van der Waals surface area contributed by atoms with E-state index in [0.29, 0.717) is 29.1 Å². The van der Waals surface area contributed by atoms with Gasteiger partial charge in [-0.1, -0.05) is 57.0 Å². The Bertz CT molecular complexity index is 1070. The van der Waals surface area contributed by atoms with Gasteiger partial charge >= 0.3 is 0 Å². The maximum Gasteiger partial charge on any atom is 0.220 e. The topological polar surface area (TPSA) is 84.5 Å². The summed E-state index contributed by atoms with van der Waals surface area (Å²) in [6.07, 6.45) is 4.13. The minimum Gasteiger partial charge on any atom is -0.496 e. The Kier molecular flexibility index (Phi) is 8.19. The van der Waals surface area contributed by atoms with Gasteiger partial charge in [-0.3, -0.25) is 10.1 Å². The van der Waals surface area contributed by atoms with Gasteiger partial charge in [0.2, 0.25) is 5.91 Å². The van der Waals surface area contributed by atoms with E-state index < -0.39 is 15.4 Å². The number of hydrogen-bond acceptors (Lipinski definition) is 5. The van der Waals surface area contributed by atoms with Crippen molar-refractivity contribution in [2.24, 2.45) is 0 Å². The fraction of sp³-hybridized carbons (Fsp3) is 0.500. The Morgan fingerprint density at radius 2 is 1.94 bits per heavy atom. The van der Waals surface area contributed by atoms with E-state index in [0.717, 1.165) is 30.4 Å². The molecule has 1 aliphatic heterocycles. The number of carbonyl (C=O) groups is 1. The van der Waals surface area contributed by atoms with Crippen molar-refractivity contribution < 1.29 is 17.9 Å². The minimum atomic E-state index is -3.58. The molecule has 0 unspecified atom stereocenters. The average Bonchev–Trinajstić information content (AvgIpc) is 2.93. The number of carbonyl (C=O) groups excluding carboxylic acids is 1. The molecule has 0 bridgehead atoms. The second-order valence-electron chi connectivity index (χ2n) is 8.86. The van der Waals surface area contributed by atoms with Crippen molar-refractivity contribution in [1.82, 2.24) is 10.6 Å². The van der Waals surface area contributed by atoms with E-state index in [9.17, 15) is 13.2 Å². The zero-order chi connectivity index (χ0) is 24.1. The smallest absolute Gasteiger partial charge is 0.220 e. The highest BCUT2D eigenvalue weighted by atomic mass is 32.2. The molecule has 0 fully saturated rings. The molecule has 6 nitrogen and oxygen atoms in total. The molecule has 2 N–H and O–H groups in total. The van der Waals surface area contributed by atoms with Crippen LogP contribution in [0.1, 0.15) is 68.7 Å². The van der Waals surface area contributed by atoms with Crippen LogP contribution in [0.25, 0.3) is 0 Å². The van der Waals surface area contributed by atoms with Crippen LogP contribution in [0.3, 0.4) is 0 Å². The van der Waals surface area contributed by atoms with Crippen molar-refractivity contribution >= 4 is 15.7 Å². The number of amides is 1. The zero-order valence-corrected chi connectivity index (χ0v) is 20.9. The van der Waals surface area contributed by atoms with E-state index in [1.54, 1.807) is 20.2 Å². The van der Waals surface area contributed by atoms with Gasteiger partial charge in [0.15, 0.2) is 9.84 Å². The van der Waals surface area contributed by atoms with Crippen LogP contribution in [-0.4, -0.2) is 39.8 Å². The highest BCUT2D eigenvalue weighted by Gasteiger charge is 2.42. The van der Waals surface area contributed by atoms with Gasteiger partial charge in [-0.25, -0.2) is 8.42 Å². The lowest BCUT2D eigenvalue weighted by molar-refractivity contribution is -0.120. The minimum absolute atomic E-state index is 0.0497. The number of fused-ring (bicyclic) bond motifs is 1. The first kappa shape index (κ1) is 25.2. The number of sulfone groups is 1. The lowest BCUT2D eigenvalue weighted by Crippen LogP contribution is -2.50. The summed E-state index contributed by atoms with van der Waals surface area (Å²) in [6.45, 7) is 4.19. The SMILES string of the molecule is CCCC[C@]1(CC)CS(=O)(=O)c2cc(CCC(=O)NC)c(OC)cc2[C@@H](c2ccccc2)N1. The highest BCUT2D eigenvalue weighted by molar-refractivity contribution is 7.91. The van der Waals surface area contributed by atoms with Crippen molar-refractivity contribution in [3.63, 3.8) is 0 Å². The van der Waals surface area contributed by atoms with Gasteiger partial charge in [-0.05, 0) is 48.1 Å². The predicted molar refractivity (Wildman–Crippen MR) is 131 cm³/mol. The number of unbranched alkanes of at least 4 members (excludes halogenated alkanes) is 1. The van der Waals surface area contributed by atoms with Crippen LogP contribution in [0.4, 0.5) is 0 Å². The summed E-state index contributed by atoms with van der Waals surface area (Å²) in [6, 6.07) is 13.3. The van der Waals surface area contributed by atoms with Gasteiger partial charge < -0.3 is 10.1 Å². The van der Waals surface area contributed by atoms with Gasteiger partial charge in [0.1, 0.15) is 5.75 Å². The van der Waals surface area contributed by atoms with E-state index in [4.69, 9.17) is 4.74 Å². The van der Waals surface area contributed by atoms with Crippen LogP contribution in [0, 0.1) is 0 Å². The zero-order valence-electron chi connectivity index (χ0n) is 20.1. The van der Waals surface area contributed by atoms with Gasteiger partial charge in [-0.2, -0.15) is 0 Å². The third-order valence-corrected chi connectivity index (χ3v) is 8.65. The number of benzene rings is 2. The average molecular weight is 473 g/mol. The number of rotatable bonds is 9. The van der Waals surface area contributed by atoms with Crippen LogP contribution < -0.4 is 15.4 Å². The monoisotopic (exact) mass is 472 g/mol. The summed E-state index contributed by atoms with van der Waals surface area (Å²) in [7, 11) is -0.403. The molecule has 7 heteroatoms. The summed E-state index contributed by atoms with van der Waals surface area (Å²) in [5, 5.41) is 6.39. The Labute approximate surface area is 198 Å². The lowest BCUT2D eigenvalue weighted by Gasteiger charge is -2.36. The Balaban J connectivity index is 2.20. The molecule has 180 valence electrons. The van der Waals surface area contributed by atoms with E-state index in [2.05, 4.69) is 24.5 Å². The molecule has 3 rings (SSSR count). The van der Waals surface area contributed by atoms with Gasteiger partial charge in [-0.15, -0.1) is 0 Å². The van der Waals surface area contributed by atoms with E-state index >= 15 is 0 Å². The van der Waals surface area contributed by atoms with Crippen molar-refractivity contribution in [2.75, 3.05) is 19.9 Å². The Morgan fingerprint density at radius 1 is 1.21 bits per heavy atom. The van der Waals surface area contributed by atoms with Crippen LogP contribution in [0.2, 0.25) is 0 Å². The fourth-order valence-electron chi connectivity index (χ4n) is 4.69. The highest BCUT2D eigenvalue weighted by Crippen LogP contribution is 2.41. The van der Waals surface area contributed by atoms with Crippen LogP contribution in [-0.2, 0) is 21.1 Å². The third-order valence-electron chi connectivity index (χ3n) is 6.69. The summed E-state index contributed by atoms with van der Waals surface area (Å²) in [5.41, 5.74) is 1.93. The van der Waals surface area contributed by atoms with Crippen LogP contribution >= 0.6 is 0 Å². The standard InChI is InChI=1S/C26H36N2O4S/c1-5-7-15-26(6-2)18-33(30,31)23-16-20(13-14-24(29)27-3)22(32-4)17-21(23)25(28-26)19-11-9-8-10-12-19/h8-12,16-17,25,28H,5-7,13-15,18H2,1-4H3,(H,27,29)/t25-,26-/m1/s1. The van der Waals surface area contributed by atoms with Crippen LogP contribution in [0.5, 0.6) is 5.75 Å². The number of hydrogen-bond donors (Lipinski definition) is 2. The quantitative estimate of drug-likeness (QED) is 0.572. The maximum absolute atomic E-state index is 13.8. The number of nitrogens with one attached hydrogen (secondary N) is 2. The second kappa shape index (κ2) is 10.7. The first-order valence-corrected chi connectivity index (χ1v) is 13.4. The van der Waals surface area contributed by atoms with Crippen molar-refractivity contribution in [1.29, 1.82) is 0 Å². The van der Waals surface area contributed by atoms with Gasteiger partial charge in [0.25, 0.3) is 0 Å². The molecule has 1 amide bonds. The number of methoxy groups -OCH3 is 1. The predicted octanol–water partition coefficient (Wildman–Crippen LogP) is 4.18. The molecule has 2 aromatic carbocycles. The van der Waals surface area contributed by atoms with Crippen molar-refractivity contribution in [3.8, 4) is 5.75 Å². The molecule has 0 saturated carbocycles. The molecule has 0 saturated heterocycles. The summed E-state index contributed by atoms with van der Waals surface area (Å²) < 4.78 is 33.2. The molecule has 1 heterocycles. The Hall–Kier alpha value is -2.38. The molecule has 0 spiro atoms. The summed E-state index contributed by atoms with van der Waals surface area (Å²) in [5.74, 6) is 0.560. The molecule has 0 radical (unpaired) electrons. The summed E-state index contributed by atoms with van der Waals surface area (Å²) in [4.78, 5) is 12.2. The van der Waals surface area contributed by atoms with Crippen molar-refractivity contribution in [2.45, 2.75) is 68.8 Å². The molecule has 2 aromatic rings. The molecule has 1 aliphatic rings. The number of ether oxygens (including phenoxy) is 1. The molecule has 33 heavy (non-hydrogen) atoms. The number of aryl methyl sites for hydroxylation is 1. The van der Waals surface area contributed by atoms with Crippen LogP contribution in [0.15, 0.2) is 47.4 Å². The second-order valence-corrected chi connectivity index (χ2v) is 10.8. The van der Waals surface area contributed by atoms with E-state index in [1.807, 2.05) is 36.4 Å². The molecular weight excluding hydrogens is 436 g/mol. The third kappa shape index (κ3) is 5.58. The normalized spacial score (nSPS) is 21.6. The first-order chi connectivity index (χ1) is 15.8. The van der Waals surface area contributed by atoms with E-state index in [-0.39, 0.29) is 24.1 Å². The Morgan fingerprint density at radius 3 is 2.55 bits per heavy atom.